The van der Waals surface area contributed by atoms with Gasteiger partial charge in [-0.05, 0) is 34.0 Å². The maximum atomic E-state index is 6.04. The van der Waals surface area contributed by atoms with Crippen molar-refractivity contribution in [3.8, 4) is 0 Å². The Morgan fingerprint density at radius 3 is 2.86 bits per heavy atom. The van der Waals surface area contributed by atoms with Crippen LogP contribution in [-0.2, 0) is 0 Å². The van der Waals surface area contributed by atoms with Crippen LogP contribution in [0.5, 0.6) is 0 Å². The fourth-order valence-electron chi connectivity index (χ4n) is 1.41. The minimum Gasteiger partial charge on any atom is -0.324 e. The van der Waals surface area contributed by atoms with E-state index >= 15 is 0 Å². The van der Waals surface area contributed by atoms with E-state index in [0.29, 0.717) is 0 Å². The smallest absolute Gasteiger partial charge is 0.0410 e. The molecule has 0 radical (unpaired) electrons. The highest BCUT2D eigenvalue weighted by Crippen LogP contribution is 2.19. The molecule has 0 amide bonds. The number of hydrogen-bond donors (Lipinski definition) is 1. The van der Waals surface area contributed by atoms with Gasteiger partial charge < -0.3 is 5.73 Å². The molecule has 0 fully saturated rings. The summed E-state index contributed by atoms with van der Waals surface area (Å²) < 4.78 is 1.00. The van der Waals surface area contributed by atoms with Gasteiger partial charge in [-0.25, -0.2) is 0 Å². The highest BCUT2D eigenvalue weighted by molar-refractivity contribution is 9.10. The zero-order chi connectivity index (χ0) is 10.4. The van der Waals surface area contributed by atoms with Gasteiger partial charge in [-0.15, -0.1) is 0 Å². The van der Waals surface area contributed by atoms with Crippen LogP contribution in [0, 0.1) is 0 Å². The molecule has 0 saturated carbocycles. The zero-order valence-corrected chi connectivity index (χ0v) is 10.1. The summed E-state index contributed by atoms with van der Waals surface area (Å²) in [4.78, 5) is 4.11. The van der Waals surface area contributed by atoms with Crippen molar-refractivity contribution in [2.45, 2.75) is 38.6 Å². The Kier molecular flexibility index (Phi) is 5.12. The van der Waals surface area contributed by atoms with Gasteiger partial charge in [0.1, 0.15) is 0 Å². The molecule has 1 rings (SSSR count). The van der Waals surface area contributed by atoms with E-state index in [1.807, 2.05) is 12.3 Å². The summed E-state index contributed by atoms with van der Waals surface area (Å²) in [5, 5.41) is 0. The van der Waals surface area contributed by atoms with E-state index < -0.39 is 0 Å². The van der Waals surface area contributed by atoms with Crippen molar-refractivity contribution < 1.29 is 0 Å². The standard InChI is InChI=1S/C11H17BrN2/c1-2-3-4-5-11(13)9-6-10(12)8-14-7-9/h6-8,11H,2-5,13H2,1H3/t11-/m1/s1. The molecule has 0 aromatic carbocycles. The molecule has 78 valence electrons. The molecule has 1 aromatic heterocycles. The quantitative estimate of drug-likeness (QED) is 0.821. The van der Waals surface area contributed by atoms with Crippen LogP contribution in [0.3, 0.4) is 0 Å². The first-order chi connectivity index (χ1) is 6.74. The lowest BCUT2D eigenvalue weighted by Crippen LogP contribution is -2.10. The molecule has 0 unspecified atom stereocenters. The Hall–Kier alpha value is -0.410. The minimum atomic E-state index is 0.131. The van der Waals surface area contributed by atoms with E-state index in [-0.39, 0.29) is 6.04 Å². The van der Waals surface area contributed by atoms with Gasteiger partial charge >= 0.3 is 0 Å². The van der Waals surface area contributed by atoms with Crippen LogP contribution < -0.4 is 5.73 Å². The van der Waals surface area contributed by atoms with E-state index in [9.17, 15) is 0 Å². The summed E-state index contributed by atoms with van der Waals surface area (Å²) in [5.74, 6) is 0. The van der Waals surface area contributed by atoms with Crippen LogP contribution >= 0.6 is 15.9 Å². The van der Waals surface area contributed by atoms with Gasteiger partial charge in [-0.3, -0.25) is 4.98 Å². The van der Waals surface area contributed by atoms with Crippen LogP contribution in [0.2, 0.25) is 0 Å². The van der Waals surface area contributed by atoms with Gasteiger partial charge in [0.25, 0.3) is 0 Å². The van der Waals surface area contributed by atoms with Gasteiger partial charge in [0.15, 0.2) is 0 Å². The maximum Gasteiger partial charge on any atom is 0.0410 e. The second-order valence-corrected chi connectivity index (χ2v) is 4.45. The number of nitrogens with two attached hydrogens (primary N) is 1. The molecule has 1 aromatic rings. The van der Waals surface area contributed by atoms with E-state index in [1.165, 1.54) is 19.3 Å². The Labute approximate surface area is 94.0 Å². The fourth-order valence-corrected chi connectivity index (χ4v) is 1.79. The third-order valence-corrected chi connectivity index (χ3v) is 2.71. The fraction of sp³-hybridized carbons (Fsp3) is 0.545. The number of rotatable bonds is 5. The second-order valence-electron chi connectivity index (χ2n) is 3.54. The molecule has 14 heavy (non-hydrogen) atoms. The van der Waals surface area contributed by atoms with Gasteiger partial charge in [0, 0.05) is 22.9 Å². The predicted molar refractivity (Wildman–Crippen MR) is 63.0 cm³/mol. The third kappa shape index (κ3) is 3.76. The van der Waals surface area contributed by atoms with Gasteiger partial charge in [0.2, 0.25) is 0 Å². The highest BCUT2D eigenvalue weighted by atomic mass is 79.9. The topological polar surface area (TPSA) is 38.9 Å². The number of nitrogens with zero attached hydrogens (tertiary/aromatic N) is 1. The highest BCUT2D eigenvalue weighted by Gasteiger charge is 2.05. The average molecular weight is 257 g/mol. The molecule has 0 saturated heterocycles. The molecule has 2 nitrogen and oxygen atoms in total. The Morgan fingerprint density at radius 1 is 1.43 bits per heavy atom. The molecule has 3 heteroatoms. The first-order valence-corrected chi connectivity index (χ1v) is 5.89. The van der Waals surface area contributed by atoms with Crippen LogP contribution in [0.15, 0.2) is 22.9 Å². The summed E-state index contributed by atoms with van der Waals surface area (Å²) in [6.45, 7) is 2.20. The summed E-state index contributed by atoms with van der Waals surface area (Å²) in [5.41, 5.74) is 7.16. The van der Waals surface area contributed by atoms with Crippen LogP contribution in [-0.4, -0.2) is 4.98 Å². The molecule has 0 aliphatic heterocycles. The Bertz CT molecular complexity index is 276. The number of hydrogen-bond acceptors (Lipinski definition) is 2. The summed E-state index contributed by atoms with van der Waals surface area (Å²) >= 11 is 3.39. The molecule has 1 atom stereocenters. The zero-order valence-electron chi connectivity index (χ0n) is 8.54. The van der Waals surface area contributed by atoms with Crippen molar-refractivity contribution in [1.82, 2.24) is 4.98 Å². The molecular formula is C11H17BrN2. The summed E-state index contributed by atoms with van der Waals surface area (Å²) in [6.07, 6.45) is 8.37. The van der Waals surface area contributed by atoms with Crippen molar-refractivity contribution >= 4 is 15.9 Å². The Balaban J connectivity index is 2.47. The van der Waals surface area contributed by atoms with Crippen molar-refractivity contribution in [2.75, 3.05) is 0 Å². The van der Waals surface area contributed by atoms with Crippen LogP contribution in [0.1, 0.15) is 44.2 Å². The molecule has 1 heterocycles. The SMILES string of the molecule is CCCCC[C@@H](N)c1cncc(Br)c1. The monoisotopic (exact) mass is 256 g/mol. The van der Waals surface area contributed by atoms with E-state index in [4.69, 9.17) is 5.73 Å². The molecule has 0 aliphatic rings. The molecule has 2 N–H and O–H groups in total. The first-order valence-electron chi connectivity index (χ1n) is 5.10. The number of unbranched alkanes of at least 4 members (excludes halogenated alkanes) is 2. The molecule has 0 bridgehead atoms. The second kappa shape index (κ2) is 6.14. The lowest BCUT2D eigenvalue weighted by molar-refractivity contribution is 0.580. The van der Waals surface area contributed by atoms with E-state index in [0.717, 1.165) is 16.5 Å². The maximum absolute atomic E-state index is 6.04. The van der Waals surface area contributed by atoms with Gasteiger partial charge in [-0.1, -0.05) is 26.2 Å². The molecular weight excluding hydrogens is 240 g/mol. The van der Waals surface area contributed by atoms with Gasteiger partial charge in [-0.2, -0.15) is 0 Å². The van der Waals surface area contributed by atoms with Gasteiger partial charge in [0.05, 0.1) is 0 Å². The number of pyridine rings is 1. The summed E-state index contributed by atoms with van der Waals surface area (Å²) in [7, 11) is 0. The molecule has 0 spiro atoms. The largest absolute Gasteiger partial charge is 0.324 e. The molecule has 0 aliphatic carbocycles. The van der Waals surface area contributed by atoms with Crippen molar-refractivity contribution in [3.05, 3.63) is 28.5 Å². The summed E-state index contributed by atoms with van der Waals surface area (Å²) in [6, 6.07) is 2.18. The number of aromatic nitrogens is 1. The van der Waals surface area contributed by atoms with Crippen molar-refractivity contribution in [2.24, 2.45) is 5.73 Å². The van der Waals surface area contributed by atoms with E-state index in [2.05, 4.69) is 27.8 Å². The lowest BCUT2D eigenvalue weighted by Gasteiger charge is -2.11. The van der Waals surface area contributed by atoms with E-state index in [1.54, 1.807) is 6.20 Å². The van der Waals surface area contributed by atoms with Crippen molar-refractivity contribution in [3.63, 3.8) is 0 Å². The normalized spacial score (nSPS) is 12.8. The third-order valence-electron chi connectivity index (χ3n) is 2.27. The predicted octanol–water partition coefficient (Wildman–Crippen LogP) is 3.42. The van der Waals surface area contributed by atoms with Crippen LogP contribution in [0.25, 0.3) is 0 Å². The average Bonchev–Trinajstić information content (AvgIpc) is 2.18. The minimum absolute atomic E-state index is 0.131. The Morgan fingerprint density at radius 2 is 2.21 bits per heavy atom. The van der Waals surface area contributed by atoms with Crippen LogP contribution in [0.4, 0.5) is 0 Å². The first kappa shape index (κ1) is 11.7. The number of halogens is 1. The lowest BCUT2D eigenvalue weighted by atomic mass is 10.0. The van der Waals surface area contributed by atoms with Crippen molar-refractivity contribution in [1.29, 1.82) is 0 Å².